The van der Waals surface area contributed by atoms with Gasteiger partial charge in [-0.05, 0) is 49.6 Å². The van der Waals surface area contributed by atoms with Gasteiger partial charge in [0.25, 0.3) is 0 Å². The van der Waals surface area contributed by atoms with Crippen molar-refractivity contribution in [2.24, 2.45) is 0 Å². The molecule has 1 atom stereocenters. The zero-order chi connectivity index (χ0) is 27.9. The Morgan fingerprint density at radius 2 is 1.73 bits per heavy atom. The van der Waals surface area contributed by atoms with E-state index in [-0.39, 0.29) is 36.2 Å². The van der Waals surface area contributed by atoms with Crippen LogP contribution in [0.5, 0.6) is 11.5 Å². The molecule has 4 heterocycles. The summed E-state index contributed by atoms with van der Waals surface area (Å²) >= 11 is 1.55. The Balaban J connectivity index is 1.46. The number of carbonyl (C=O) groups excluding carboxylic acids is 2. The average Bonchev–Trinajstić information content (AvgIpc) is 3.76. The molecule has 0 saturated carbocycles. The van der Waals surface area contributed by atoms with Crippen molar-refractivity contribution in [2.45, 2.75) is 25.0 Å². The second-order valence-electron chi connectivity index (χ2n) is 10.6. The van der Waals surface area contributed by atoms with Crippen molar-refractivity contribution in [3.63, 3.8) is 0 Å². The van der Waals surface area contributed by atoms with Gasteiger partial charge in [-0.15, -0.1) is 11.8 Å². The standard InChI is InChI=1S/C32H30N4O4S/c1-21-9-12-24(13-10-21)36-32-29(30(33-36)22-7-3-2-4-8-22)31(23-11-14-25-26(17-23)40-20-39-25)41-19-28(38)35(32)18-27(37)34-15-5-6-16-34/h2-4,7-14,17,31H,5-6,15-16,18-20H2,1H3/t31-/m0/s1. The normalized spacial score (nSPS) is 18.0. The first-order valence-corrected chi connectivity index (χ1v) is 15.0. The number of fused-ring (bicyclic) bond motifs is 2. The summed E-state index contributed by atoms with van der Waals surface area (Å²) in [4.78, 5) is 30.9. The lowest BCUT2D eigenvalue weighted by atomic mass is 9.99. The van der Waals surface area contributed by atoms with Crippen LogP contribution in [0.3, 0.4) is 0 Å². The number of rotatable bonds is 5. The Morgan fingerprint density at radius 3 is 2.51 bits per heavy atom. The number of aromatic nitrogens is 2. The quantitative estimate of drug-likeness (QED) is 0.323. The molecule has 4 aromatic rings. The number of carbonyl (C=O) groups is 2. The molecule has 1 saturated heterocycles. The molecule has 3 aliphatic heterocycles. The Labute approximate surface area is 242 Å². The summed E-state index contributed by atoms with van der Waals surface area (Å²) in [7, 11) is 0. The van der Waals surface area contributed by atoms with Gasteiger partial charge in [-0.1, -0.05) is 54.1 Å². The minimum atomic E-state index is -0.232. The third kappa shape index (κ3) is 4.74. The van der Waals surface area contributed by atoms with Crippen molar-refractivity contribution < 1.29 is 19.1 Å². The number of likely N-dealkylation sites (tertiary alicyclic amines) is 1. The molecule has 9 heteroatoms. The molecule has 1 aromatic heterocycles. The number of hydrogen-bond acceptors (Lipinski definition) is 6. The molecule has 1 fully saturated rings. The maximum atomic E-state index is 13.9. The first-order chi connectivity index (χ1) is 20.1. The number of ether oxygens (including phenoxy) is 2. The molecule has 0 spiro atoms. The van der Waals surface area contributed by atoms with Gasteiger partial charge >= 0.3 is 0 Å². The lowest BCUT2D eigenvalue weighted by Crippen LogP contribution is -2.43. The van der Waals surface area contributed by atoms with Gasteiger partial charge in [-0.3, -0.25) is 14.5 Å². The van der Waals surface area contributed by atoms with E-state index in [1.165, 1.54) is 0 Å². The summed E-state index contributed by atoms with van der Waals surface area (Å²) in [6.45, 7) is 3.67. The zero-order valence-electron chi connectivity index (χ0n) is 22.8. The molecule has 208 valence electrons. The summed E-state index contributed by atoms with van der Waals surface area (Å²) in [6, 6.07) is 24.1. The van der Waals surface area contributed by atoms with Crippen LogP contribution in [-0.2, 0) is 9.59 Å². The van der Waals surface area contributed by atoms with Crippen molar-refractivity contribution in [3.8, 4) is 28.4 Å². The molecule has 8 nitrogen and oxygen atoms in total. The van der Waals surface area contributed by atoms with Crippen LogP contribution in [0.2, 0.25) is 0 Å². The van der Waals surface area contributed by atoms with Gasteiger partial charge in [0.1, 0.15) is 12.4 Å². The van der Waals surface area contributed by atoms with Gasteiger partial charge in [-0.25, -0.2) is 4.68 Å². The van der Waals surface area contributed by atoms with Crippen molar-refractivity contribution in [1.82, 2.24) is 14.7 Å². The summed E-state index contributed by atoms with van der Waals surface area (Å²) in [5, 5.41) is 4.94. The Morgan fingerprint density at radius 1 is 0.976 bits per heavy atom. The number of nitrogens with zero attached hydrogens (tertiary/aromatic N) is 4. The predicted octanol–water partition coefficient (Wildman–Crippen LogP) is 5.37. The lowest BCUT2D eigenvalue weighted by Gasteiger charge is -2.25. The molecular weight excluding hydrogens is 536 g/mol. The fourth-order valence-corrected chi connectivity index (χ4v) is 6.92. The number of thioether (sulfide) groups is 1. The first kappa shape index (κ1) is 25.7. The maximum absolute atomic E-state index is 13.9. The highest BCUT2D eigenvalue weighted by Gasteiger charge is 2.38. The van der Waals surface area contributed by atoms with E-state index in [2.05, 4.69) is 0 Å². The van der Waals surface area contributed by atoms with Crippen LogP contribution in [0.4, 0.5) is 5.82 Å². The van der Waals surface area contributed by atoms with E-state index >= 15 is 0 Å². The number of amides is 2. The van der Waals surface area contributed by atoms with Gasteiger partial charge < -0.3 is 14.4 Å². The molecule has 0 bridgehead atoms. The van der Waals surface area contributed by atoms with Crippen LogP contribution in [-0.4, -0.2) is 58.7 Å². The van der Waals surface area contributed by atoms with Crippen molar-refractivity contribution >= 4 is 29.4 Å². The van der Waals surface area contributed by atoms with Crippen LogP contribution >= 0.6 is 11.8 Å². The topological polar surface area (TPSA) is 76.9 Å². The van der Waals surface area contributed by atoms with Crippen LogP contribution in [0, 0.1) is 6.92 Å². The summed E-state index contributed by atoms with van der Waals surface area (Å²) in [5.74, 6) is 2.11. The summed E-state index contributed by atoms with van der Waals surface area (Å²) < 4.78 is 13.1. The summed E-state index contributed by atoms with van der Waals surface area (Å²) in [5.41, 5.74) is 5.58. The highest BCUT2D eigenvalue weighted by Crippen LogP contribution is 2.50. The van der Waals surface area contributed by atoms with E-state index in [0.29, 0.717) is 17.3 Å². The second-order valence-corrected chi connectivity index (χ2v) is 11.7. The monoisotopic (exact) mass is 566 g/mol. The summed E-state index contributed by atoms with van der Waals surface area (Å²) in [6.07, 6.45) is 1.98. The number of aryl methyl sites for hydroxylation is 1. The molecule has 3 aromatic carbocycles. The lowest BCUT2D eigenvalue weighted by molar-refractivity contribution is -0.130. The van der Waals surface area contributed by atoms with Gasteiger partial charge in [-0.2, -0.15) is 5.10 Å². The largest absolute Gasteiger partial charge is 0.454 e. The fourth-order valence-electron chi connectivity index (χ4n) is 5.74. The molecule has 0 aliphatic carbocycles. The molecular formula is C32H30N4O4S. The van der Waals surface area contributed by atoms with E-state index in [1.807, 2.05) is 89.3 Å². The van der Waals surface area contributed by atoms with E-state index in [9.17, 15) is 9.59 Å². The van der Waals surface area contributed by atoms with Gasteiger partial charge in [0.05, 0.1) is 22.4 Å². The van der Waals surface area contributed by atoms with Crippen LogP contribution in [0.25, 0.3) is 16.9 Å². The number of anilines is 1. The maximum Gasteiger partial charge on any atom is 0.242 e. The smallest absolute Gasteiger partial charge is 0.242 e. The minimum Gasteiger partial charge on any atom is -0.454 e. The first-order valence-electron chi connectivity index (χ1n) is 13.9. The van der Waals surface area contributed by atoms with Crippen molar-refractivity contribution in [2.75, 3.05) is 37.1 Å². The molecule has 41 heavy (non-hydrogen) atoms. The average molecular weight is 567 g/mol. The molecule has 3 aliphatic rings. The second kappa shape index (κ2) is 10.6. The molecule has 0 unspecified atom stereocenters. The number of hydrogen-bond donors (Lipinski definition) is 0. The highest BCUT2D eigenvalue weighted by molar-refractivity contribution is 8.00. The Kier molecular flexibility index (Phi) is 6.66. The molecule has 7 rings (SSSR count). The third-order valence-electron chi connectivity index (χ3n) is 7.87. The minimum absolute atomic E-state index is 0.0218. The molecule has 2 amide bonds. The predicted molar refractivity (Wildman–Crippen MR) is 159 cm³/mol. The van der Waals surface area contributed by atoms with Crippen molar-refractivity contribution in [1.29, 1.82) is 0 Å². The van der Waals surface area contributed by atoms with Crippen LogP contribution in [0.1, 0.15) is 34.8 Å². The third-order valence-corrected chi connectivity index (χ3v) is 9.12. The van der Waals surface area contributed by atoms with Gasteiger partial charge in [0.15, 0.2) is 11.5 Å². The van der Waals surface area contributed by atoms with Crippen molar-refractivity contribution in [3.05, 3.63) is 89.5 Å². The molecule has 0 radical (unpaired) electrons. The van der Waals surface area contributed by atoms with Gasteiger partial charge in [0.2, 0.25) is 18.6 Å². The van der Waals surface area contributed by atoms with E-state index in [4.69, 9.17) is 14.6 Å². The molecule has 0 N–H and O–H groups in total. The van der Waals surface area contributed by atoms with E-state index in [0.717, 1.165) is 59.6 Å². The Bertz CT molecular complexity index is 1610. The van der Waals surface area contributed by atoms with Crippen LogP contribution < -0.4 is 14.4 Å². The highest BCUT2D eigenvalue weighted by atomic mass is 32.2. The number of benzene rings is 3. The SMILES string of the molecule is Cc1ccc(-n2nc(-c3ccccc3)c3c2N(CC(=O)N2CCCC2)C(=O)CS[C@H]3c2ccc3c(c2)OCO3)cc1. The zero-order valence-corrected chi connectivity index (χ0v) is 23.6. The van der Waals surface area contributed by atoms with E-state index < -0.39 is 0 Å². The fraction of sp³-hybridized carbons (Fsp3) is 0.281. The van der Waals surface area contributed by atoms with Gasteiger partial charge in [0, 0.05) is 24.2 Å². The van der Waals surface area contributed by atoms with E-state index in [1.54, 1.807) is 16.7 Å². The van der Waals surface area contributed by atoms with Crippen LogP contribution in [0.15, 0.2) is 72.8 Å². The Hall–Kier alpha value is -4.24.